The SMILES string of the molecule is Cc1cccc(C)c1OCC(=O)N1CCC(O)C1. The maximum absolute atomic E-state index is 11.9. The van der Waals surface area contributed by atoms with Gasteiger partial charge in [-0.05, 0) is 31.4 Å². The molecule has 1 heterocycles. The number of carbonyl (C=O) groups excluding carboxylic acids is 1. The quantitative estimate of drug-likeness (QED) is 0.877. The highest BCUT2D eigenvalue weighted by Gasteiger charge is 2.24. The summed E-state index contributed by atoms with van der Waals surface area (Å²) in [6, 6.07) is 5.90. The van der Waals surface area contributed by atoms with Crippen molar-refractivity contribution in [3.8, 4) is 5.75 Å². The Morgan fingerprint density at radius 3 is 2.67 bits per heavy atom. The van der Waals surface area contributed by atoms with E-state index in [2.05, 4.69) is 0 Å². The van der Waals surface area contributed by atoms with E-state index in [0.29, 0.717) is 19.5 Å². The number of hydrogen-bond acceptors (Lipinski definition) is 3. The first-order valence-corrected chi connectivity index (χ1v) is 6.23. The number of para-hydroxylation sites is 1. The summed E-state index contributed by atoms with van der Waals surface area (Å²) in [7, 11) is 0. The van der Waals surface area contributed by atoms with Crippen LogP contribution in [-0.4, -0.2) is 41.7 Å². The van der Waals surface area contributed by atoms with Crippen molar-refractivity contribution in [3.63, 3.8) is 0 Å². The van der Waals surface area contributed by atoms with Gasteiger partial charge in [0.05, 0.1) is 6.10 Å². The molecule has 0 spiro atoms. The van der Waals surface area contributed by atoms with Gasteiger partial charge in [-0.25, -0.2) is 0 Å². The van der Waals surface area contributed by atoms with Gasteiger partial charge in [0.1, 0.15) is 5.75 Å². The van der Waals surface area contributed by atoms with Gasteiger partial charge in [-0.15, -0.1) is 0 Å². The number of nitrogens with zero attached hydrogens (tertiary/aromatic N) is 1. The molecule has 0 bridgehead atoms. The number of hydrogen-bond donors (Lipinski definition) is 1. The van der Waals surface area contributed by atoms with E-state index < -0.39 is 0 Å². The van der Waals surface area contributed by atoms with Crippen LogP contribution in [0, 0.1) is 13.8 Å². The van der Waals surface area contributed by atoms with E-state index >= 15 is 0 Å². The summed E-state index contributed by atoms with van der Waals surface area (Å²) in [6.07, 6.45) is 0.281. The van der Waals surface area contributed by atoms with Gasteiger partial charge in [0.15, 0.2) is 6.61 Å². The number of likely N-dealkylation sites (tertiary alicyclic amines) is 1. The second-order valence-corrected chi connectivity index (χ2v) is 4.79. The zero-order valence-electron chi connectivity index (χ0n) is 10.8. The summed E-state index contributed by atoms with van der Waals surface area (Å²) in [6.45, 7) is 5.02. The third kappa shape index (κ3) is 2.82. The highest BCUT2D eigenvalue weighted by Crippen LogP contribution is 2.22. The van der Waals surface area contributed by atoms with E-state index in [4.69, 9.17) is 4.74 Å². The number of ether oxygens (including phenoxy) is 1. The molecule has 0 saturated carbocycles. The molecule has 1 unspecified atom stereocenters. The Morgan fingerprint density at radius 1 is 1.44 bits per heavy atom. The molecule has 1 aliphatic rings. The van der Waals surface area contributed by atoms with Gasteiger partial charge in [0, 0.05) is 13.1 Å². The van der Waals surface area contributed by atoms with Crippen LogP contribution in [0.5, 0.6) is 5.75 Å². The van der Waals surface area contributed by atoms with E-state index in [9.17, 15) is 9.90 Å². The van der Waals surface area contributed by atoms with Crippen molar-refractivity contribution in [2.24, 2.45) is 0 Å². The van der Waals surface area contributed by atoms with Gasteiger partial charge < -0.3 is 14.7 Å². The Morgan fingerprint density at radius 2 is 2.11 bits per heavy atom. The fourth-order valence-electron chi connectivity index (χ4n) is 2.22. The Labute approximate surface area is 107 Å². The standard InChI is InChI=1S/C14H19NO3/c1-10-4-3-5-11(2)14(10)18-9-13(17)15-7-6-12(16)8-15/h3-5,12,16H,6-9H2,1-2H3. The van der Waals surface area contributed by atoms with Crippen LogP contribution < -0.4 is 4.74 Å². The van der Waals surface area contributed by atoms with Crippen molar-refractivity contribution in [1.82, 2.24) is 4.90 Å². The van der Waals surface area contributed by atoms with Crippen molar-refractivity contribution in [3.05, 3.63) is 29.3 Å². The number of aliphatic hydroxyl groups excluding tert-OH is 1. The smallest absolute Gasteiger partial charge is 0.260 e. The van der Waals surface area contributed by atoms with Gasteiger partial charge in [0.25, 0.3) is 5.91 Å². The lowest BCUT2D eigenvalue weighted by Gasteiger charge is -2.17. The van der Waals surface area contributed by atoms with Crippen molar-refractivity contribution in [1.29, 1.82) is 0 Å². The fraction of sp³-hybridized carbons (Fsp3) is 0.500. The monoisotopic (exact) mass is 249 g/mol. The van der Waals surface area contributed by atoms with Crippen molar-refractivity contribution >= 4 is 5.91 Å². The van der Waals surface area contributed by atoms with Crippen molar-refractivity contribution < 1.29 is 14.6 Å². The average molecular weight is 249 g/mol. The first-order chi connectivity index (χ1) is 8.58. The number of aliphatic hydroxyl groups is 1. The van der Waals surface area contributed by atoms with Crippen molar-refractivity contribution in [2.75, 3.05) is 19.7 Å². The highest BCUT2D eigenvalue weighted by atomic mass is 16.5. The molecule has 1 aromatic rings. The first-order valence-electron chi connectivity index (χ1n) is 6.23. The van der Waals surface area contributed by atoms with Crippen LogP contribution in [0.15, 0.2) is 18.2 Å². The zero-order valence-corrected chi connectivity index (χ0v) is 10.8. The topological polar surface area (TPSA) is 49.8 Å². The lowest BCUT2D eigenvalue weighted by atomic mass is 10.1. The van der Waals surface area contributed by atoms with Crippen LogP contribution in [0.1, 0.15) is 17.5 Å². The Bertz CT molecular complexity index is 424. The minimum atomic E-state index is -0.380. The lowest BCUT2D eigenvalue weighted by Crippen LogP contribution is -2.33. The summed E-state index contributed by atoms with van der Waals surface area (Å²) < 4.78 is 5.60. The molecule has 4 heteroatoms. The average Bonchev–Trinajstić information content (AvgIpc) is 2.75. The molecule has 18 heavy (non-hydrogen) atoms. The molecular formula is C14H19NO3. The molecular weight excluding hydrogens is 230 g/mol. The fourth-order valence-corrected chi connectivity index (χ4v) is 2.22. The number of β-amino-alcohol motifs (C(OH)–C–C–N with tert-alkyl or cyclic N) is 1. The summed E-state index contributed by atoms with van der Waals surface area (Å²) >= 11 is 0. The summed E-state index contributed by atoms with van der Waals surface area (Å²) in [5.74, 6) is 0.722. The number of aryl methyl sites for hydroxylation is 2. The minimum Gasteiger partial charge on any atom is -0.483 e. The lowest BCUT2D eigenvalue weighted by molar-refractivity contribution is -0.132. The molecule has 1 fully saturated rings. The molecule has 0 aliphatic carbocycles. The molecule has 1 atom stereocenters. The van der Waals surface area contributed by atoms with E-state index in [1.165, 1.54) is 0 Å². The maximum atomic E-state index is 11.9. The second-order valence-electron chi connectivity index (χ2n) is 4.79. The third-order valence-electron chi connectivity index (χ3n) is 3.26. The van der Waals surface area contributed by atoms with Crippen LogP contribution in [0.2, 0.25) is 0 Å². The van der Waals surface area contributed by atoms with Gasteiger partial charge in [-0.2, -0.15) is 0 Å². The Kier molecular flexibility index (Phi) is 3.87. The Balaban J connectivity index is 1.93. The molecule has 1 saturated heterocycles. The molecule has 2 rings (SSSR count). The molecule has 1 aliphatic heterocycles. The third-order valence-corrected chi connectivity index (χ3v) is 3.26. The van der Waals surface area contributed by atoms with Crippen molar-refractivity contribution in [2.45, 2.75) is 26.4 Å². The van der Waals surface area contributed by atoms with Crippen LogP contribution >= 0.6 is 0 Å². The molecule has 98 valence electrons. The molecule has 1 N–H and O–H groups in total. The van der Waals surface area contributed by atoms with Gasteiger partial charge >= 0.3 is 0 Å². The van der Waals surface area contributed by atoms with E-state index in [0.717, 1.165) is 16.9 Å². The summed E-state index contributed by atoms with van der Waals surface area (Å²) in [4.78, 5) is 13.5. The van der Waals surface area contributed by atoms with Crippen LogP contribution in [0.3, 0.4) is 0 Å². The molecule has 1 aromatic carbocycles. The Hall–Kier alpha value is -1.55. The summed E-state index contributed by atoms with van der Waals surface area (Å²) in [5.41, 5.74) is 2.06. The van der Waals surface area contributed by atoms with Gasteiger partial charge in [0.2, 0.25) is 0 Å². The maximum Gasteiger partial charge on any atom is 0.260 e. The van der Waals surface area contributed by atoms with Crippen LogP contribution in [0.25, 0.3) is 0 Å². The van der Waals surface area contributed by atoms with E-state index in [1.807, 2.05) is 32.0 Å². The second kappa shape index (κ2) is 5.40. The van der Waals surface area contributed by atoms with Gasteiger partial charge in [-0.3, -0.25) is 4.79 Å². The predicted molar refractivity (Wildman–Crippen MR) is 68.6 cm³/mol. The molecule has 1 amide bonds. The highest BCUT2D eigenvalue weighted by molar-refractivity contribution is 5.78. The molecule has 0 radical (unpaired) electrons. The number of rotatable bonds is 3. The largest absolute Gasteiger partial charge is 0.483 e. The van der Waals surface area contributed by atoms with Crippen LogP contribution in [0.4, 0.5) is 0 Å². The number of benzene rings is 1. The van der Waals surface area contributed by atoms with Gasteiger partial charge in [-0.1, -0.05) is 18.2 Å². The normalized spacial score (nSPS) is 19.1. The molecule has 4 nitrogen and oxygen atoms in total. The van der Waals surface area contributed by atoms with Crippen LogP contribution in [-0.2, 0) is 4.79 Å². The summed E-state index contributed by atoms with van der Waals surface area (Å²) in [5, 5.41) is 9.39. The number of carbonyl (C=O) groups is 1. The minimum absolute atomic E-state index is 0.0401. The first kappa shape index (κ1) is 12.9. The van der Waals surface area contributed by atoms with E-state index in [-0.39, 0.29) is 18.6 Å². The number of amides is 1. The predicted octanol–water partition coefficient (Wildman–Crippen LogP) is 1.28. The molecule has 0 aromatic heterocycles. The zero-order chi connectivity index (χ0) is 13.1. The van der Waals surface area contributed by atoms with E-state index in [1.54, 1.807) is 4.90 Å².